The van der Waals surface area contributed by atoms with E-state index < -0.39 is 10.0 Å². The first kappa shape index (κ1) is 19.5. The Labute approximate surface area is 184 Å². The number of hydrogen-bond acceptors (Lipinski definition) is 4. The second kappa shape index (κ2) is 7.68. The highest BCUT2D eigenvalue weighted by molar-refractivity contribution is 7.92. The van der Waals surface area contributed by atoms with Gasteiger partial charge in [0.1, 0.15) is 0 Å². The molecule has 0 unspecified atom stereocenters. The van der Waals surface area contributed by atoms with Gasteiger partial charge in [0, 0.05) is 33.2 Å². The molecule has 0 radical (unpaired) electrons. The molecule has 0 spiro atoms. The topological polar surface area (TPSA) is 64.0 Å². The van der Waals surface area contributed by atoms with Crippen LogP contribution in [-0.4, -0.2) is 18.0 Å². The van der Waals surface area contributed by atoms with Crippen LogP contribution >= 0.6 is 11.3 Å². The van der Waals surface area contributed by atoms with Crippen molar-refractivity contribution >= 4 is 37.1 Å². The van der Waals surface area contributed by atoms with E-state index in [9.17, 15) is 8.42 Å². The lowest BCUT2D eigenvalue weighted by Crippen LogP contribution is -2.12. The minimum absolute atomic E-state index is 0.227. The Morgan fingerprint density at radius 3 is 2.39 bits per heavy atom. The third kappa shape index (κ3) is 3.85. The molecule has 0 amide bonds. The number of imidazole rings is 1. The maximum atomic E-state index is 12.8. The second-order valence-corrected chi connectivity index (χ2v) is 9.84. The van der Waals surface area contributed by atoms with Crippen molar-refractivity contribution in [3.63, 3.8) is 0 Å². The van der Waals surface area contributed by atoms with Crippen molar-refractivity contribution in [1.29, 1.82) is 0 Å². The molecule has 0 saturated carbocycles. The Kier molecular flexibility index (Phi) is 4.84. The van der Waals surface area contributed by atoms with Gasteiger partial charge < -0.3 is 4.57 Å². The van der Waals surface area contributed by atoms with E-state index in [-0.39, 0.29) is 4.90 Å². The molecule has 31 heavy (non-hydrogen) atoms. The highest BCUT2D eigenvalue weighted by Gasteiger charge is 2.15. The van der Waals surface area contributed by atoms with Gasteiger partial charge in [-0.05, 0) is 60.3 Å². The van der Waals surface area contributed by atoms with Crippen molar-refractivity contribution in [1.82, 2.24) is 9.55 Å². The fourth-order valence-electron chi connectivity index (χ4n) is 3.49. The normalized spacial score (nSPS) is 11.6. The summed E-state index contributed by atoms with van der Waals surface area (Å²) in [6.07, 6.45) is 3.64. The van der Waals surface area contributed by atoms with Crippen LogP contribution in [0.15, 0.2) is 95.6 Å². The first-order valence-electron chi connectivity index (χ1n) is 9.70. The average Bonchev–Trinajstić information content (AvgIpc) is 3.40. The Balaban J connectivity index is 1.37. The van der Waals surface area contributed by atoms with Gasteiger partial charge in [0.05, 0.1) is 16.9 Å². The molecule has 0 fully saturated rings. The highest BCUT2D eigenvalue weighted by Crippen LogP contribution is 2.34. The smallest absolute Gasteiger partial charge is 0.261 e. The van der Waals surface area contributed by atoms with Crippen LogP contribution in [0.3, 0.4) is 0 Å². The van der Waals surface area contributed by atoms with E-state index in [1.807, 2.05) is 54.1 Å². The number of sulfonamides is 1. The number of anilines is 1. The minimum atomic E-state index is -3.68. The Bertz CT molecular complexity index is 1470. The second-order valence-electron chi connectivity index (χ2n) is 7.24. The Hall–Kier alpha value is -3.42. The van der Waals surface area contributed by atoms with E-state index in [1.165, 1.54) is 10.1 Å². The van der Waals surface area contributed by atoms with Crippen LogP contribution < -0.4 is 4.72 Å². The minimum Gasteiger partial charge on any atom is -0.306 e. The van der Waals surface area contributed by atoms with E-state index in [0.29, 0.717) is 5.69 Å². The van der Waals surface area contributed by atoms with Gasteiger partial charge in [0.25, 0.3) is 10.0 Å². The summed E-state index contributed by atoms with van der Waals surface area (Å²) < 4.78 is 31.4. The lowest BCUT2D eigenvalue weighted by atomic mass is 10.1. The van der Waals surface area contributed by atoms with Gasteiger partial charge in [-0.2, -0.15) is 0 Å². The summed E-state index contributed by atoms with van der Waals surface area (Å²) >= 11 is 1.68. The number of nitrogens with one attached hydrogen (secondary N) is 1. The summed E-state index contributed by atoms with van der Waals surface area (Å²) in [5.41, 5.74) is 4.45. The molecule has 0 aliphatic carbocycles. The van der Waals surface area contributed by atoms with E-state index >= 15 is 0 Å². The number of rotatable bonds is 5. The van der Waals surface area contributed by atoms with Crippen molar-refractivity contribution in [2.45, 2.75) is 11.8 Å². The number of hydrogen-bond donors (Lipinski definition) is 1. The molecule has 3 aromatic carbocycles. The van der Waals surface area contributed by atoms with Crippen LogP contribution in [0, 0.1) is 6.92 Å². The van der Waals surface area contributed by atoms with E-state index in [2.05, 4.69) is 27.2 Å². The monoisotopic (exact) mass is 445 g/mol. The molecule has 0 atom stereocenters. The summed E-state index contributed by atoms with van der Waals surface area (Å²) in [6.45, 7) is 1.92. The number of benzene rings is 3. The standard InChI is InChI=1S/C24H19N3O2S2/c1-17-14-27(16-25-17)20-10-8-19(9-11-20)26-31(28,29)21-12-6-18(7-13-21)23-15-30-24-5-3-2-4-22(23)24/h2-16,26H,1H3. The predicted octanol–water partition coefficient (Wildman–Crippen LogP) is 5.86. The first-order chi connectivity index (χ1) is 15.0. The molecule has 0 bridgehead atoms. The van der Waals surface area contributed by atoms with E-state index in [1.54, 1.807) is 41.9 Å². The zero-order valence-corrected chi connectivity index (χ0v) is 18.3. The Morgan fingerprint density at radius 2 is 1.68 bits per heavy atom. The van der Waals surface area contributed by atoms with E-state index in [4.69, 9.17) is 0 Å². The summed E-state index contributed by atoms with van der Waals surface area (Å²) in [6, 6.07) is 22.4. The third-order valence-corrected chi connectivity index (χ3v) is 7.45. The van der Waals surface area contributed by atoms with Crippen LogP contribution in [0.4, 0.5) is 5.69 Å². The van der Waals surface area contributed by atoms with Crippen molar-refractivity contribution in [3.8, 4) is 16.8 Å². The molecule has 5 aromatic rings. The first-order valence-corrected chi connectivity index (χ1v) is 12.1. The van der Waals surface area contributed by atoms with Gasteiger partial charge in [-0.25, -0.2) is 13.4 Å². The third-order valence-electron chi connectivity index (χ3n) is 5.09. The molecule has 0 aliphatic heterocycles. The molecule has 2 aromatic heterocycles. The van der Waals surface area contributed by atoms with Gasteiger partial charge in [-0.1, -0.05) is 30.3 Å². The van der Waals surface area contributed by atoms with Crippen molar-refractivity contribution in [2.75, 3.05) is 4.72 Å². The van der Waals surface area contributed by atoms with Gasteiger partial charge in [-0.15, -0.1) is 11.3 Å². The van der Waals surface area contributed by atoms with Crippen LogP contribution in [0.5, 0.6) is 0 Å². The SMILES string of the molecule is Cc1cn(-c2ccc(NS(=O)(=O)c3ccc(-c4csc5ccccc45)cc3)cc2)cn1. The summed E-state index contributed by atoms with van der Waals surface area (Å²) in [4.78, 5) is 4.44. The lowest BCUT2D eigenvalue weighted by Gasteiger charge is -2.10. The fraction of sp³-hybridized carbons (Fsp3) is 0.0417. The number of nitrogens with zero attached hydrogens (tertiary/aromatic N) is 2. The van der Waals surface area contributed by atoms with Gasteiger partial charge in [0.2, 0.25) is 0 Å². The number of fused-ring (bicyclic) bond motifs is 1. The van der Waals surface area contributed by atoms with Gasteiger partial charge in [0.15, 0.2) is 0 Å². The molecule has 0 saturated heterocycles. The predicted molar refractivity (Wildman–Crippen MR) is 126 cm³/mol. The van der Waals surface area contributed by atoms with Crippen LogP contribution in [0.2, 0.25) is 0 Å². The maximum Gasteiger partial charge on any atom is 0.261 e. The van der Waals surface area contributed by atoms with Crippen LogP contribution in [-0.2, 0) is 10.0 Å². The molecule has 1 N–H and O–H groups in total. The van der Waals surface area contributed by atoms with Crippen LogP contribution in [0.1, 0.15) is 5.69 Å². The number of aromatic nitrogens is 2. The Morgan fingerprint density at radius 1 is 0.935 bits per heavy atom. The quantitative estimate of drug-likeness (QED) is 0.368. The molecular weight excluding hydrogens is 426 g/mol. The van der Waals surface area contributed by atoms with Crippen LogP contribution in [0.25, 0.3) is 26.9 Å². The molecule has 5 rings (SSSR count). The fourth-order valence-corrected chi connectivity index (χ4v) is 5.52. The number of aryl methyl sites for hydroxylation is 1. The zero-order chi connectivity index (χ0) is 21.4. The van der Waals surface area contributed by atoms with Crippen molar-refractivity contribution in [2.24, 2.45) is 0 Å². The van der Waals surface area contributed by atoms with Crippen molar-refractivity contribution in [3.05, 3.63) is 96.4 Å². The molecule has 5 nitrogen and oxygen atoms in total. The van der Waals surface area contributed by atoms with Crippen molar-refractivity contribution < 1.29 is 8.42 Å². The number of thiophene rings is 1. The van der Waals surface area contributed by atoms with Gasteiger partial charge >= 0.3 is 0 Å². The van der Waals surface area contributed by atoms with Gasteiger partial charge in [-0.3, -0.25) is 4.72 Å². The summed E-state index contributed by atoms with van der Waals surface area (Å²) in [7, 11) is -3.68. The molecule has 154 valence electrons. The zero-order valence-electron chi connectivity index (χ0n) is 16.7. The van der Waals surface area contributed by atoms with E-state index in [0.717, 1.165) is 22.5 Å². The summed E-state index contributed by atoms with van der Waals surface area (Å²) in [5.74, 6) is 0. The highest BCUT2D eigenvalue weighted by atomic mass is 32.2. The molecule has 0 aliphatic rings. The summed E-state index contributed by atoms with van der Waals surface area (Å²) in [5, 5.41) is 3.28. The molecule has 2 heterocycles. The average molecular weight is 446 g/mol. The lowest BCUT2D eigenvalue weighted by molar-refractivity contribution is 0.601. The largest absolute Gasteiger partial charge is 0.306 e. The molecular formula is C24H19N3O2S2. The maximum absolute atomic E-state index is 12.8. The molecule has 7 heteroatoms.